The van der Waals surface area contributed by atoms with Crippen LogP contribution in [0, 0.1) is 5.92 Å². The molecule has 2 heteroatoms. The van der Waals surface area contributed by atoms with E-state index in [1.165, 1.54) is 5.56 Å². The van der Waals surface area contributed by atoms with Gasteiger partial charge in [-0.3, -0.25) is 0 Å². The summed E-state index contributed by atoms with van der Waals surface area (Å²) in [7, 11) is 0. The van der Waals surface area contributed by atoms with Crippen molar-refractivity contribution in [3.05, 3.63) is 42.5 Å². The van der Waals surface area contributed by atoms with Gasteiger partial charge in [0.2, 0.25) is 0 Å². The van der Waals surface area contributed by atoms with Crippen molar-refractivity contribution in [2.75, 3.05) is 13.2 Å². The first kappa shape index (κ1) is 14.8. The van der Waals surface area contributed by atoms with E-state index in [2.05, 4.69) is 37.9 Å². The second kappa shape index (κ2) is 8.76. The molecule has 0 aliphatic heterocycles. The number of allylic oxidation sites excluding steroid dienone is 1. The molecule has 0 aliphatic rings. The van der Waals surface area contributed by atoms with Gasteiger partial charge >= 0.3 is 0 Å². The first-order valence-corrected chi connectivity index (χ1v) is 6.76. The van der Waals surface area contributed by atoms with Crippen molar-refractivity contribution >= 4 is 0 Å². The molecular formula is C16H25NO. The number of benzene rings is 1. The van der Waals surface area contributed by atoms with Gasteiger partial charge in [-0.25, -0.2) is 0 Å². The first-order valence-electron chi connectivity index (χ1n) is 6.76. The Morgan fingerprint density at radius 3 is 2.83 bits per heavy atom. The summed E-state index contributed by atoms with van der Waals surface area (Å²) in [5.41, 5.74) is 1.23. The van der Waals surface area contributed by atoms with E-state index in [-0.39, 0.29) is 0 Å². The standard InChI is InChI=1S/C16H25NO/c1-4-5-8-11-18-16-10-7-6-9-15(16)13-17-12-14(2)3/h4,6-7,9-10,14,17H,1,5,8,11-13H2,2-3H3. The Labute approximate surface area is 111 Å². The van der Waals surface area contributed by atoms with Gasteiger partial charge in [-0.1, -0.05) is 38.1 Å². The van der Waals surface area contributed by atoms with Gasteiger partial charge in [-0.15, -0.1) is 6.58 Å². The molecule has 1 aromatic carbocycles. The Kier molecular flexibility index (Phi) is 7.19. The summed E-state index contributed by atoms with van der Waals surface area (Å²) in [4.78, 5) is 0. The summed E-state index contributed by atoms with van der Waals surface area (Å²) in [6, 6.07) is 8.24. The van der Waals surface area contributed by atoms with Crippen LogP contribution in [-0.4, -0.2) is 13.2 Å². The van der Waals surface area contributed by atoms with Crippen LogP contribution >= 0.6 is 0 Å². The Morgan fingerprint density at radius 2 is 2.11 bits per heavy atom. The van der Waals surface area contributed by atoms with E-state index in [1.807, 2.05) is 18.2 Å². The van der Waals surface area contributed by atoms with Crippen molar-refractivity contribution in [1.29, 1.82) is 0 Å². The van der Waals surface area contributed by atoms with E-state index in [9.17, 15) is 0 Å². The van der Waals surface area contributed by atoms with Crippen LogP contribution < -0.4 is 10.1 Å². The number of hydrogen-bond acceptors (Lipinski definition) is 2. The van der Waals surface area contributed by atoms with E-state index in [0.717, 1.165) is 38.3 Å². The van der Waals surface area contributed by atoms with Crippen molar-refractivity contribution in [2.24, 2.45) is 5.92 Å². The molecule has 0 aliphatic carbocycles. The molecule has 0 fully saturated rings. The minimum absolute atomic E-state index is 0.672. The predicted molar refractivity (Wildman–Crippen MR) is 77.9 cm³/mol. The molecule has 0 unspecified atom stereocenters. The minimum Gasteiger partial charge on any atom is -0.493 e. The Balaban J connectivity index is 2.43. The maximum Gasteiger partial charge on any atom is 0.123 e. The summed E-state index contributed by atoms with van der Waals surface area (Å²) in [5, 5.41) is 3.45. The van der Waals surface area contributed by atoms with Gasteiger partial charge < -0.3 is 10.1 Å². The van der Waals surface area contributed by atoms with Crippen LogP contribution in [0.4, 0.5) is 0 Å². The molecule has 2 nitrogen and oxygen atoms in total. The fourth-order valence-corrected chi connectivity index (χ4v) is 1.70. The SMILES string of the molecule is C=CCCCOc1ccccc1CNCC(C)C. The zero-order chi connectivity index (χ0) is 13.2. The second-order valence-corrected chi connectivity index (χ2v) is 4.91. The average molecular weight is 247 g/mol. The van der Waals surface area contributed by atoms with Gasteiger partial charge in [0, 0.05) is 12.1 Å². The molecule has 0 saturated carbocycles. The Bertz CT molecular complexity index is 347. The van der Waals surface area contributed by atoms with Crippen molar-refractivity contribution < 1.29 is 4.74 Å². The highest BCUT2D eigenvalue weighted by molar-refractivity contribution is 5.33. The molecule has 1 aromatic rings. The van der Waals surface area contributed by atoms with Crippen LogP contribution in [0.3, 0.4) is 0 Å². The summed E-state index contributed by atoms with van der Waals surface area (Å²) in [6.45, 7) is 10.8. The van der Waals surface area contributed by atoms with E-state index < -0.39 is 0 Å². The first-order chi connectivity index (χ1) is 8.74. The highest BCUT2D eigenvalue weighted by Gasteiger charge is 2.02. The third-order valence-corrected chi connectivity index (χ3v) is 2.65. The molecule has 1 N–H and O–H groups in total. The van der Waals surface area contributed by atoms with Gasteiger partial charge in [0.1, 0.15) is 5.75 Å². The normalized spacial score (nSPS) is 10.6. The fourth-order valence-electron chi connectivity index (χ4n) is 1.70. The molecular weight excluding hydrogens is 222 g/mol. The lowest BCUT2D eigenvalue weighted by atomic mass is 10.2. The zero-order valence-electron chi connectivity index (χ0n) is 11.6. The van der Waals surface area contributed by atoms with Crippen LogP contribution in [0.2, 0.25) is 0 Å². The molecule has 0 spiro atoms. The number of nitrogens with one attached hydrogen (secondary N) is 1. The molecule has 0 atom stereocenters. The van der Waals surface area contributed by atoms with Gasteiger partial charge in [-0.05, 0) is 31.4 Å². The maximum atomic E-state index is 5.81. The quantitative estimate of drug-likeness (QED) is 0.529. The van der Waals surface area contributed by atoms with E-state index in [1.54, 1.807) is 0 Å². The van der Waals surface area contributed by atoms with Gasteiger partial charge in [0.25, 0.3) is 0 Å². The van der Waals surface area contributed by atoms with Gasteiger partial charge in [0.15, 0.2) is 0 Å². The summed E-state index contributed by atoms with van der Waals surface area (Å²) in [6.07, 6.45) is 3.96. The lowest BCUT2D eigenvalue weighted by Gasteiger charge is -2.12. The molecule has 1 rings (SSSR count). The average Bonchev–Trinajstić information content (AvgIpc) is 2.36. The number of unbranched alkanes of at least 4 members (excludes halogenated alkanes) is 1. The molecule has 100 valence electrons. The number of ether oxygens (including phenoxy) is 1. The van der Waals surface area contributed by atoms with Crippen molar-refractivity contribution in [3.8, 4) is 5.75 Å². The van der Waals surface area contributed by atoms with Gasteiger partial charge in [-0.2, -0.15) is 0 Å². The molecule has 0 heterocycles. The highest BCUT2D eigenvalue weighted by atomic mass is 16.5. The van der Waals surface area contributed by atoms with E-state index in [0.29, 0.717) is 5.92 Å². The molecule has 18 heavy (non-hydrogen) atoms. The minimum atomic E-state index is 0.672. The highest BCUT2D eigenvalue weighted by Crippen LogP contribution is 2.18. The molecule has 0 amide bonds. The van der Waals surface area contributed by atoms with Crippen LogP contribution in [-0.2, 0) is 6.54 Å². The van der Waals surface area contributed by atoms with Crippen LogP contribution in [0.15, 0.2) is 36.9 Å². The third kappa shape index (κ3) is 5.87. The molecule has 0 radical (unpaired) electrons. The smallest absolute Gasteiger partial charge is 0.123 e. The third-order valence-electron chi connectivity index (χ3n) is 2.65. The summed E-state index contributed by atoms with van der Waals surface area (Å²) < 4.78 is 5.81. The van der Waals surface area contributed by atoms with Crippen LogP contribution in [0.25, 0.3) is 0 Å². The van der Waals surface area contributed by atoms with Crippen LogP contribution in [0.5, 0.6) is 5.75 Å². The number of rotatable bonds is 9. The Hall–Kier alpha value is -1.28. The van der Waals surface area contributed by atoms with E-state index in [4.69, 9.17) is 4.74 Å². The largest absolute Gasteiger partial charge is 0.493 e. The topological polar surface area (TPSA) is 21.3 Å². The van der Waals surface area contributed by atoms with Gasteiger partial charge in [0.05, 0.1) is 6.61 Å². The number of hydrogen-bond donors (Lipinski definition) is 1. The summed E-state index contributed by atoms with van der Waals surface area (Å²) >= 11 is 0. The fraction of sp³-hybridized carbons (Fsp3) is 0.500. The van der Waals surface area contributed by atoms with E-state index >= 15 is 0 Å². The molecule has 0 bridgehead atoms. The lowest BCUT2D eigenvalue weighted by molar-refractivity contribution is 0.308. The molecule has 0 saturated heterocycles. The number of para-hydroxylation sites is 1. The monoisotopic (exact) mass is 247 g/mol. The van der Waals surface area contributed by atoms with Crippen LogP contribution in [0.1, 0.15) is 32.3 Å². The summed E-state index contributed by atoms with van der Waals surface area (Å²) in [5.74, 6) is 1.67. The lowest BCUT2D eigenvalue weighted by Crippen LogP contribution is -2.19. The zero-order valence-corrected chi connectivity index (χ0v) is 11.6. The molecule has 0 aromatic heterocycles. The van der Waals surface area contributed by atoms with Crippen molar-refractivity contribution in [1.82, 2.24) is 5.32 Å². The maximum absolute atomic E-state index is 5.81. The second-order valence-electron chi connectivity index (χ2n) is 4.91. The predicted octanol–water partition coefficient (Wildman–Crippen LogP) is 3.78. The van der Waals surface area contributed by atoms with Crippen molar-refractivity contribution in [3.63, 3.8) is 0 Å². The Morgan fingerprint density at radius 1 is 1.33 bits per heavy atom. The van der Waals surface area contributed by atoms with Crippen molar-refractivity contribution in [2.45, 2.75) is 33.2 Å².